The van der Waals surface area contributed by atoms with Gasteiger partial charge in [-0.15, -0.1) is 0 Å². The lowest BCUT2D eigenvalue weighted by Crippen LogP contribution is -2.32. The largest absolute Gasteiger partial charge is 0.495 e. The monoisotopic (exact) mass is 461 g/mol. The number of hydrogen-bond acceptors (Lipinski definition) is 7. The number of nitrogens with one attached hydrogen (secondary N) is 2. The first-order chi connectivity index (χ1) is 16.5. The Morgan fingerprint density at radius 2 is 1.53 bits per heavy atom. The smallest absolute Gasteiger partial charge is 0.337 e. The topological polar surface area (TPSA) is 115 Å². The summed E-state index contributed by atoms with van der Waals surface area (Å²) in [5.74, 6) is -1.28. The standard InChI is InChI=1S/C25H23N3O6/c1-32-22-10-6-4-8-20(22)27-23(29)24(30)28-26-15-19-7-3-5-9-21(19)34-16-17-11-13-18(14-12-17)25(31)33-2/h3-15H,16H2,1-2H3,(H,27,29)(H,28,30)/b26-15-. The third-order valence-corrected chi connectivity index (χ3v) is 4.62. The van der Waals surface area contributed by atoms with Crippen molar-refractivity contribution in [2.45, 2.75) is 6.61 Å². The van der Waals surface area contributed by atoms with E-state index in [1.54, 1.807) is 72.8 Å². The molecule has 2 amide bonds. The molecule has 3 rings (SSSR count). The predicted molar refractivity (Wildman–Crippen MR) is 126 cm³/mol. The molecule has 0 fully saturated rings. The fraction of sp³-hybridized carbons (Fsp3) is 0.120. The Labute approximate surface area is 196 Å². The van der Waals surface area contributed by atoms with Crippen molar-refractivity contribution in [2.75, 3.05) is 19.5 Å². The van der Waals surface area contributed by atoms with Crippen LogP contribution >= 0.6 is 0 Å². The van der Waals surface area contributed by atoms with Crippen molar-refractivity contribution in [1.29, 1.82) is 0 Å². The average Bonchev–Trinajstić information content (AvgIpc) is 2.88. The van der Waals surface area contributed by atoms with Gasteiger partial charge in [0, 0.05) is 5.56 Å². The molecule has 0 spiro atoms. The van der Waals surface area contributed by atoms with E-state index in [0.29, 0.717) is 28.3 Å². The number of rotatable bonds is 8. The van der Waals surface area contributed by atoms with Crippen LogP contribution in [-0.4, -0.2) is 38.2 Å². The molecule has 0 aromatic heterocycles. The summed E-state index contributed by atoms with van der Waals surface area (Å²) in [6.07, 6.45) is 1.38. The second kappa shape index (κ2) is 11.8. The molecule has 0 aliphatic rings. The molecule has 0 aliphatic carbocycles. The first-order valence-corrected chi connectivity index (χ1v) is 10.2. The normalized spacial score (nSPS) is 10.4. The van der Waals surface area contributed by atoms with Crippen molar-refractivity contribution in [3.63, 3.8) is 0 Å². The summed E-state index contributed by atoms with van der Waals surface area (Å²) in [5, 5.41) is 6.33. The summed E-state index contributed by atoms with van der Waals surface area (Å²) >= 11 is 0. The van der Waals surface area contributed by atoms with Crippen LogP contribution in [0.5, 0.6) is 11.5 Å². The molecule has 3 aromatic rings. The van der Waals surface area contributed by atoms with Crippen molar-refractivity contribution in [1.82, 2.24) is 5.43 Å². The maximum absolute atomic E-state index is 12.1. The second-order valence-electron chi connectivity index (χ2n) is 6.87. The van der Waals surface area contributed by atoms with E-state index in [2.05, 4.69) is 20.6 Å². The highest BCUT2D eigenvalue weighted by Crippen LogP contribution is 2.22. The van der Waals surface area contributed by atoms with Gasteiger partial charge in [0.2, 0.25) is 0 Å². The van der Waals surface area contributed by atoms with E-state index in [1.165, 1.54) is 20.4 Å². The van der Waals surface area contributed by atoms with Crippen LogP contribution in [0.2, 0.25) is 0 Å². The van der Waals surface area contributed by atoms with Gasteiger partial charge in [-0.3, -0.25) is 9.59 Å². The zero-order chi connectivity index (χ0) is 24.3. The highest BCUT2D eigenvalue weighted by molar-refractivity contribution is 6.39. The van der Waals surface area contributed by atoms with Gasteiger partial charge in [-0.2, -0.15) is 5.10 Å². The van der Waals surface area contributed by atoms with Crippen molar-refractivity contribution < 1.29 is 28.6 Å². The Morgan fingerprint density at radius 1 is 0.853 bits per heavy atom. The number of esters is 1. The number of ether oxygens (including phenoxy) is 3. The Morgan fingerprint density at radius 3 is 2.24 bits per heavy atom. The minimum absolute atomic E-state index is 0.250. The molecule has 3 aromatic carbocycles. The Balaban J connectivity index is 1.57. The first-order valence-electron chi connectivity index (χ1n) is 10.2. The number of methoxy groups -OCH3 is 2. The van der Waals surface area contributed by atoms with Crippen LogP contribution in [0.1, 0.15) is 21.5 Å². The van der Waals surface area contributed by atoms with Crippen LogP contribution in [0.25, 0.3) is 0 Å². The highest BCUT2D eigenvalue weighted by atomic mass is 16.5. The number of amides is 2. The molecule has 9 heteroatoms. The molecule has 0 bridgehead atoms. The van der Waals surface area contributed by atoms with Crippen LogP contribution in [0.15, 0.2) is 77.9 Å². The number of hydrogen-bond donors (Lipinski definition) is 2. The van der Waals surface area contributed by atoms with E-state index < -0.39 is 17.8 Å². The number of carbonyl (C=O) groups is 3. The number of para-hydroxylation sites is 3. The molecule has 0 saturated carbocycles. The lowest BCUT2D eigenvalue weighted by atomic mass is 10.1. The average molecular weight is 461 g/mol. The number of nitrogens with zero attached hydrogens (tertiary/aromatic N) is 1. The molecule has 2 N–H and O–H groups in total. The summed E-state index contributed by atoms with van der Waals surface area (Å²) in [7, 11) is 2.79. The molecular formula is C25H23N3O6. The summed E-state index contributed by atoms with van der Waals surface area (Å²) < 4.78 is 15.7. The van der Waals surface area contributed by atoms with Crippen LogP contribution in [0, 0.1) is 0 Å². The van der Waals surface area contributed by atoms with Gasteiger partial charge < -0.3 is 19.5 Å². The van der Waals surface area contributed by atoms with Gasteiger partial charge in [0.25, 0.3) is 0 Å². The summed E-state index contributed by atoms with van der Waals surface area (Å²) in [4.78, 5) is 35.7. The van der Waals surface area contributed by atoms with Crippen molar-refractivity contribution in [2.24, 2.45) is 5.10 Å². The van der Waals surface area contributed by atoms with Crippen molar-refractivity contribution in [3.8, 4) is 11.5 Å². The van der Waals surface area contributed by atoms with Crippen molar-refractivity contribution >= 4 is 29.7 Å². The van der Waals surface area contributed by atoms with Crippen LogP contribution in [0.4, 0.5) is 5.69 Å². The van der Waals surface area contributed by atoms with E-state index in [4.69, 9.17) is 9.47 Å². The number of carbonyl (C=O) groups excluding carboxylic acids is 3. The molecule has 0 saturated heterocycles. The fourth-order valence-corrected chi connectivity index (χ4v) is 2.87. The second-order valence-corrected chi connectivity index (χ2v) is 6.87. The zero-order valence-corrected chi connectivity index (χ0v) is 18.6. The molecule has 0 atom stereocenters. The summed E-state index contributed by atoms with van der Waals surface area (Å²) in [6.45, 7) is 0.250. The third-order valence-electron chi connectivity index (χ3n) is 4.62. The minimum Gasteiger partial charge on any atom is -0.495 e. The zero-order valence-electron chi connectivity index (χ0n) is 18.6. The number of benzene rings is 3. The van der Waals surface area contributed by atoms with Gasteiger partial charge in [0.1, 0.15) is 18.1 Å². The lowest BCUT2D eigenvalue weighted by molar-refractivity contribution is -0.136. The van der Waals surface area contributed by atoms with Gasteiger partial charge in [-0.25, -0.2) is 10.2 Å². The SMILES string of the molecule is COC(=O)c1ccc(COc2ccccc2/C=N\NC(=O)C(=O)Nc2ccccc2OC)cc1. The summed E-state index contributed by atoms with van der Waals surface area (Å²) in [6, 6.07) is 20.7. The van der Waals surface area contributed by atoms with Crippen LogP contribution in [0.3, 0.4) is 0 Å². The number of anilines is 1. The lowest BCUT2D eigenvalue weighted by Gasteiger charge is -2.10. The number of hydrazone groups is 1. The van der Waals surface area contributed by atoms with E-state index >= 15 is 0 Å². The molecule has 9 nitrogen and oxygen atoms in total. The molecule has 0 unspecified atom stereocenters. The first kappa shape index (κ1) is 24.0. The minimum atomic E-state index is -0.939. The van der Waals surface area contributed by atoms with Gasteiger partial charge in [-0.05, 0) is 42.0 Å². The third kappa shape index (κ3) is 6.42. The van der Waals surface area contributed by atoms with Crippen molar-refractivity contribution in [3.05, 3.63) is 89.5 Å². The fourth-order valence-electron chi connectivity index (χ4n) is 2.87. The van der Waals surface area contributed by atoms with E-state index in [1.807, 2.05) is 0 Å². The Kier molecular flexibility index (Phi) is 8.34. The Hall–Kier alpha value is -4.66. The molecule has 0 heterocycles. The highest BCUT2D eigenvalue weighted by Gasteiger charge is 2.15. The Bertz CT molecular complexity index is 1190. The molecule has 0 radical (unpaired) electrons. The van der Waals surface area contributed by atoms with Crippen LogP contribution in [-0.2, 0) is 20.9 Å². The van der Waals surface area contributed by atoms with Gasteiger partial charge >= 0.3 is 17.8 Å². The van der Waals surface area contributed by atoms with E-state index in [9.17, 15) is 14.4 Å². The van der Waals surface area contributed by atoms with E-state index in [0.717, 1.165) is 5.56 Å². The van der Waals surface area contributed by atoms with Gasteiger partial charge in [0.15, 0.2) is 0 Å². The van der Waals surface area contributed by atoms with Gasteiger partial charge in [-0.1, -0.05) is 36.4 Å². The molecule has 0 aliphatic heterocycles. The van der Waals surface area contributed by atoms with Gasteiger partial charge in [0.05, 0.1) is 31.7 Å². The molecule has 174 valence electrons. The molecule has 34 heavy (non-hydrogen) atoms. The van der Waals surface area contributed by atoms with E-state index in [-0.39, 0.29) is 6.61 Å². The summed E-state index contributed by atoms with van der Waals surface area (Å²) in [5.41, 5.74) is 4.45. The van der Waals surface area contributed by atoms with Crippen LogP contribution < -0.4 is 20.2 Å². The molecular weight excluding hydrogens is 438 g/mol. The quantitative estimate of drug-likeness (QED) is 0.230. The predicted octanol–water partition coefficient (Wildman–Crippen LogP) is 3.15. The maximum Gasteiger partial charge on any atom is 0.337 e. The maximum atomic E-state index is 12.1.